The average Bonchev–Trinajstić information content (AvgIpc) is 3.28. The Balaban J connectivity index is 1.44. The van der Waals surface area contributed by atoms with Crippen LogP contribution in [0.25, 0.3) is 11.2 Å². The molecule has 11 nitrogen and oxygen atoms in total. The number of ether oxygens (including phenoxy) is 1. The molecule has 0 atom stereocenters. The summed E-state index contributed by atoms with van der Waals surface area (Å²) in [6.45, 7) is 7.21. The SMILES string of the molecule is Cc1cccc(S(=O)(=O)c2nc3[nH]ccc3nc2NNC(=O)C2CCC(NC(=O)OC(C)(C)C)CC2)c1. The zero-order chi connectivity index (χ0) is 26.8. The minimum Gasteiger partial charge on any atom is -0.444 e. The Bertz CT molecular complexity index is 1400. The molecule has 1 fully saturated rings. The molecule has 0 unspecified atom stereocenters. The molecule has 37 heavy (non-hydrogen) atoms. The van der Waals surface area contributed by atoms with Crippen molar-refractivity contribution in [1.29, 1.82) is 0 Å². The number of H-pyrrole nitrogens is 1. The Morgan fingerprint density at radius 1 is 1.08 bits per heavy atom. The third-order valence-electron chi connectivity index (χ3n) is 6.03. The number of nitrogens with zero attached hydrogens (tertiary/aromatic N) is 2. The Labute approximate surface area is 215 Å². The first kappa shape index (κ1) is 26.4. The van der Waals surface area contributed by atoms with Gasteiger partial charge in [-0.2, -0.15) is 0 Å². The number of aromatic amines is 1. The molecule has 1 saturated carbocycles. The van der Waals surface area contributed by atoms with Gasteiger partial charge >= 0.3 is 6.09 Å². The maximum Gasteiger partial charge on any atom is 0.407 e. The third kappa shape index (κ3) is 6.37. The van der Waals surface area contributed by atoms with Crippen LogP contribution >= 0.6 is 0 Å². The molecule has 4 rings (SSSR count). The van der Waals surface area contributed by atoms with E-state index in [0.29, 0.717) is 36.8 Å². The number of carbonyl (C=O) groups is 2. The number of amides is 2. The molecule has 2 amide bonds. The summed E-state index contributed by atoms with van der Waals surface area (Å²) in [4.78, 5) is 36.5. The van der Waals surface area contributed by atoms with E-state index in [9.17, 15) is 18.0 Å². The minimum absolute atomic E-state index is 0.0674. The van der Waals surface area contributed by atoms with Crippen LogP contribution in [-0.4, -0.2) is 47.0 Å². The van der Waals surface area contributed by atoms with E-state index < -0.39 is 21.5 Å². The zero-order valence-corrected chi connectivity index (χ0v) is 22.1. The lowest BCUT2D eigenvalue weighted by Gasteiger charge is -2.29. The molecule has 0 radical (unpaired) electrons. The minimum atomic E-state index is -4.03. The van der Waals surface area contributed by atoms with Crippen molar-refractivity contribution in [2.75, 3.05) is 5.43 Å². The number of fused-ring (bicyclic) bond motifs is 1. The maximum absolute atomic E-state index is 13.4. The third-order valence-corrected chi connectivity index (χ3v) is 7.70. The Morgan fingerprint density at radius 3 is 2.49 bits per heavy atom. The molecule has 0 aliphatic heterocycles. The van der Waals surface area contributed by atoms with Crippen molar-refractivity contribution >= 4 is 38.8 Å². The van der Waals surface area contributed by atoms with Crippen molar-refractivity contribution in [3.05, 3.63) is 42.1 Å². The number of benzene rings is 1. The summed E-state index contributed by atoms with van der Waals surface area (Å²) < 4.78 is 32.1. The van der Waals surface area contributed by atoms with Gasteiger partial charge in [-0.25, -0.2) is 23.2 Å². The number of rotatable bonds is 6. The zero-order valence-electron chi connectivity index (χ0n) is 21.3. The van der Waals surface area contributed by atoms with E-state index >= 15 is 0 Å². The van der Waals surface area contributed by atoms with Crippen LogP contribution in [0.3, 0.4) is 0 Å². The fourth-order valence-corrected chi connectivity index (χ4v) is 5.60. The lowest BCUT2D eigenvalue weighted by molar-refractivity contribution is -0.125. The number of aromatic nitrogens is 3. The summed E-state index contributed by atoms with van der Waals surface area (Å²) in [5.41, 5.74) is 6.28. The van der Waals surface area contributed by atoms with Crippen LogP contribution in [0.2, 0.25) is 0 Å². The van der Waals surface area contributed by atoms with Gasteiger partial charge in [0.05, 0.1) is 4.90 Å². The lowest BCUT2D eigenvalue weighted by atomic mass is 9.85. The van der Waals surface area contributed by atoms with Crippen LogP contribution in [0.5, 0.6) is 0 Å². The molecular formula is C25H32N6O5S. The quantitative estimate of drug-likeness (QED) is 0.354. The van der Waals surface area contributed by atoms with Crippen molar-refractivity contribution in [3.63, 3.8) is 0 Å². The molecule has 0 spiro atoms. The van der Waals surface area contributed by atoms with E-state index in [-0.39, 0.29) is 33.6 Å². The summed E-state index contributed by atoms with van der Waals surface area (Å²) in [7, 11) is -4.03. The van der Waals surface area contributed by atoms with Crippen LogP contribution in [0.1, 0.15) is 52.0 Å². The normalized spacial score (nSPS) is 18.3. The second-order valence-electron chi connectivity index (χ2n) is 10.2. The molecule has 198 valence electrons. The first-order chi connectivity index (χ1) is 17.4. The number of hydrazine groups is 1. The molecule has 1 aliphatic rings. The number of hydrogen-bond acceptors (Lipinski definition) is 8. The summed E-state index contributed by atoms with van der Waals surface area (Å²) in [6.07, 6.45) is 3.51. The van der Waals surface area contributed by atoms with E-state index in [1.54, 1.807) is 58.2 Å². The summed E-state index contributed by atoms with van der Waals surface area (Å²) in [5, 5.41) is 2.56. The number of nitrogens with one attached hydrogen (secondary N) is 4. The van der Waals surface area contributed by atoms with Crippen molar-refractivity contribution in [2.24, 2.45) is 5.92 Å². The van der Waals surface area contributed by atoms with Crippen molar-refractivity contribution in [1.82, 2.24) is 25.7 Å². The van der Waals surface area contributed by atoms with Crippen molar-refractivity contribution in [2.45, 2.75) is 74.9 Å². The van der Waals surface area contributed by atoms with E-state index in [4.69, 9.17) is 4.74 Å². The highest BCUT2D eigenvalue weighted by Gasteiger charge is 2.30. The van der Waals surface area contributed by atoms with E-state index in [2.05, 4.69) is 31.1 Å². The maximum atomic E-state index is 13.4. The number of aryl methyl sites for hydroxylation is 1. The summed E-state index contributed by atoms with van der Waals surface area (Å²) in [6, 6.07) is 8.11. The van der Waals surface area contributed by atoms with Gasteiger partial charge in [-0.1, -0.05) is 12.1 Å². The van der Waals surface area contributed by atoms with E-state index in [0.717, 1.165) is 5.56 Å². The fourth-order valence-electron chi connectivity index (χ4n) is 4.21. The van der Waals surface area contributed by atoms with Gasteiger partial charge in [-0.3, -0.25) is 15.6 Å². The summed E-state index contributed by atoms with van der Waals surface area (Å²) >= 11 is 0. The van der Waals surface area contributed by atoms with Gasteiger partial charge in [0.15, 0.2) is 11.5 Å². The first-order valence-electron chi connectivity index (χ1n) is 12.1. The van der Waals surface area contributed by atoms with Gasteiger partial charge in [0.1, 0.15) is 11.1 Å². The average molecular weight is 529 g/mol. The molecular weight excluding hydrogens is 496 g/mol. The number of anilines is 1. The molecule has 2 heterocycles. The second-order valence-corrected chi connectivity index (χ2v) is 12.1. The van der Waals surface area contributed by atoms with Crippen LogP contribution < -0.4 is 16.2 Å². The van der Waals surface area contributed by atoms with Crippen LogP contribution in [-0.2, 0) is 19.4 Å². The predicted molar refractivity (Wildman–Crippen MR) is 137 cm³/mol. The predicted octanol–water partition coefficient (Wildman–Crippen LogP) is 3.63. The molecule has 0 saturated heterocycles. The highest BCUT2D eigenvalue weighted by Crippen LogP contribution is 2.28. The molecule has 0 bridgehead atoms. The Hall–Kier alpha value is -3.67. The Kier molecular flexibility index (Phi) is 7.39. The van der Waals surface area contributed by atoms with Crippen LogP contribution in [0.4, 0.5) is 10.6 Å². The van der Waals surface area contributed by atoms with Crippen molar-refractivity contribution in [3.8, 4) is 0 Å². The van der Waals surface area contributed by atoms with Gasteiger partial charge in [0.2, 0.25) is 20.8 Å². The Morgan fingerprint density at radius 2 is 1.81 bits per heavy atom. The van der Waals surface area contributed by atoms with Gasteiger partial charge in [-0.15, -0.1) is 0 Å². The summed E-state index contributed by atoms with van der Waals surface area (Å²) in [5.74, 6) is -0.655. The van der Waals surface area contributed by atoms with Crippen LogP contribution in [0.15, 0.2) is 46.5 Å². The topological polar surface area (TPSA) is 155 Å². The van der Waals surface area contributed by atoms with Crippen LogP contribution in [0, 0.1) is 12.8 Å². The second kappa shape index (κ2) is 10.4. The van der Waals surface area contributed by atoms with E-state index in [1.807, 2.05) is 0 Å². The van der Waals surface area contributed by atoms with Gasteiger partial charge in [0.25, 0.3) is 0 Å². The monoisotopic (exact) mass is 528 g/mol. The van der Waals surface area contributed by atoms with Gasteiger partial charge in [-0.05, 0) is 77.1 Å². The molecule has 4 N–H and O–H groups in total. The van der Waals surface area contributed by atoms with Gasteiger partial charge < -0.3 is 15.0 Å². The largest absolute Gasteiger partial charge is 0.444 e. The van der Waals surface area contributed by atoms with Crippen molar-refractivity contribution < 1.29 is 22.7 Å². The molecule has 12 heteroatoms. The molecule has 3 aromatic rings. The smallest absolute Gasteiger partial charge is 0.407 e. The number of carbonyl (C=O) groups excluding carboxylic acids is 2. The highest BCUT2D eigenvalue weighted by molar-refractivity contribution is 7.91. The molecule has 2 aromatic heterocycles. The number of alkyl carbamates (subject to hydrolysis) is 1. The molecule has 1 aliphatic carbocycles. The lowest BCUT2D eigenvalue weighted by Crippen LogP contribution is -2.43. The van der Waals surface area contributed by atoms with Gasteiger partial charge in [0, 0.05) is 18.2 Å². The standard InChI is InChI=1S/C25H32N6O5S/c1-15-6-5-7-18(14-15)37(34,35)23-21(28-19-12-13-26-20(19)29-23)30-31-22(32)16-8-10-17(11-9-16)27-24(33)36-25(2,3)4/h5-7,12-14,16-17H,8-11H2,1-4H3,(H,26,29)(H,27,33)(H,28,30)(H,31,32). The first-order valence-corrected chi connectivity index (χ1v) is 13.6. The fraction of sp³-hybridized carbons (Fsp3) is 0.440. The van der Waals surface area contributed by atoms with E-state index in [1.165, 1.54) is 6.07 Å². The molecule has 1 aromatic carbocycles. The number of hydrogen-bond donors (Lipinski definition) is 4. The highest BCUT2D eigenvalue weighted by atomic mass is 32.2. The number of sulfone groups is 1.